The lowest BCUT2D eigenvalue weighted by Crippen LogP contribution is -2.25. The number of carbonyl (C=O) groups excluding carboxylic acids is 2. The summed E-state index contributed by atoms with van der Waals surface area (Å²) in [6, 6.07) is 9.75. The van der Waals surface area contributed by atoms with Gasteiger partial charge in [-0.3, -0.25) is 9.59 Å². The Morgan fingerprint density at radius 2 is 2.03 bits per heavy atom. The van der Waals surface area contributed by atoms with Gasteiger partial charge >= 0.3 is 0 Å². The Kier molecular flexibility index (Phi) is 6.55. The van der Waals surface area contributed by atoms with Gasteiger partial charge in [-0.05, 0) is 55.8 Å². The molecule has 0 saturated heterocycles. The van der Waals surface area contributed by atoms with E-state index in [9.17, 15) is 18.0 Å². The number of rotatable bonds is 5. The molecular weight excluding hydrogens is 432 g/mol. The molecular formula is C20H21ClN2O4S2. The number of sulfone groups is 1. The van der Waals surface area contributed by atoms with Gasteiger partial charge in [-0.15, -0.1) is 11.8 Å². The number of hydrogen-bond donors (Lipinski definition) is 2. The van der Waals surface area contributed by atoms with Gasteiger partial charge in [-0.2, -0.15) is 0 Å². The molecule has 2 aromatic carbocycles. The second-order valence-electron chi connectivity index (χ2n) is 6.87. The number of hydrogen-bond acceptors (Lipinski definition) is 5. The predicted octanol–water partition coefficient (Wildman–Crippen LogP) is 4.27. The molecule has 29 heavy (non-hydrogen) atoms. The summed E-state index contributed by atoms with van der Waals surface area (Å²) < 4.78 is 25.9. The van der Waals surface area contributed by atoms with Crippen molar-refractivity contribution in [1.82, 2.24) is 0 Å². The van der Waals surface area contributed by atoms with E-state index in [1.807, 2.05) is 6.92 Å². The monoisotopic (exact) mass is 452 g/mol. The smallest absolute Gasteiger partial charge is 0.225 e. The van der Waals surface area contributed by atoms with E-state index >= 15 is 0 Å². The van der Waals surface area contributed by atoms with Crippen molar-refractivity contribution in [2.75, 3.05) is 16.4 Å². The highest BCUT2D eigenvalue weighted by Gasteiger charge is 2.27. The molecule has 2 N–H and O–H groups in total. The van der Waals surface area contributed by atoms with E-state index in [-0.39, 0.29) is 17.2 Å². The Morgan fingerprint density at radius 1 is 1.28 bits per heavy atom. The van der Waals surface area contributed by atoms with Crippen molar-refractivity contribution in [3.63, 3.8) is 0 Å². The van der Waals surface area contributed by atoms with Crippen LogP contribution in [0.25, 0.3) is 0 Å². The largest absolute Gasteiger partial charge is 0.326 e. The Balaban J connectivity index is 1.75. The van der Waals surface area contributed by atoms with E-state index in [1.54, 1.807) is 24.3 Å². The number of carbonyl (C=O) groups is 2. The Hall–Kier alpha value is -2.03. The van der Waals surface area contributed by atoms with E-state index < -0.39 is 21.0 Å². The van der Waals surface area contributed by atoms with Gasteiger partial charge in [0.2, 0.25) is 11.8 Å². The average molecular weight is 453 g/mol. The summed E-state index contributed by atoms with van der Waals surface area (Å²) in [6.07, 6.45) is 0.185. The molecule has 0 aliphatic carbocycles. The van der Waals surface area contributed by atoms with Crippen molar-refractivity contribution >= 4 is 56.4 Å². The van der Waals surface area contributed by atoms with Crippen molar-refractivity contribution < 1.29 is 18.0 Å². The molecule has 0 bridgehead atoms. The van der Waals surface area contributed by atoms with Crippen LogP contribution in [0.15, 0.2) is 46.2 Å². The van der Waals surface area contributed by atoms with Crippen LogP contribution in [-0.4, -0.2) is 31.2 Å². The lowest BCUT2D eigenvalue weighted by atomic mass is 10.2. The van der Waals surface area contributed by atoms with Gasteiger partial charge in [-0.25, -0.2) is 8.42 Å². The van der Waals surface area contributed by atoms with E-state index in [0.29, 0.717) is 28.6 Å². The maximum atomic E-state index is 13.0. The first-order valence-corrected chi connectivity index (χ1v) is 11.9. The van der Waals surface area contributed by atoms with Crippen molar-refractivity contribution in [2.24, 2.45) is 0 Å². The van der Waals surface area contributed by atoms with Crippen LogP contribution in [0, 0.1) is 6.92 Å². The number of halogens is 1. The lowest BCUT2D eigenvalue weighted by Gasteiger charge is -2.15. The first-order valence-electron chi connectivity index (χ1n) is 9.03. The summed E-state index contributed by atoms with van der Waals surface area (Å²) in [4.78, 5) is 25.1. The molecule has 6 nitrogen and oxygen atoms in total. The van der Waals surface area contributed by atoms with Gasteiger partial charge in [0.05, 0.1) is 15.8 Å². The van der Waals surface area contributed by atoms with Crippen LogP contribution in [0.1, 0.15) is 25.3 Å². The van der Waals surface area contributed by atoms with Crippen molar-refractivity contribution in [1.29, 1.82) is 0 Å². The topological polar surface area (TPSA) is 92.3 Å². The maximum Gasteiger partial charge on any atom is 0.225 e. The second-order valence-corrected chi connectivity index (χ2v) is 10.8. The van der Waals surface area contributed by atoms with E-state index in [4.69, 9.17) is 11.6 Å². The van der Waals surface area contributed by atoms with Crippen LogP contribution in [0.5, 0.6) is 0 Å². The highest BCUT2D eigenvalue weighted by molar-refractivity contribution is 7.99. The zero-order valence-electron chi connectivity index (χ0n) is 16.0. The highest BCUT2D eigenvalue weighted by Crippen LogP contribution is 2.33. The minimum absolute atomic E-state index is 0.0852. The van der Waals surface area contributed by atoms with Crippen molar-refractivity contribution in [2.45, 2.75) is 41.7 Å². The number of fused-ring (bicyclic) bond motifs is 1. The Morgan fingerprint density at radius 3 is 2.76 bits per heavy atom. The second kappa shape index (κ2) is 8.77. The Labute approximate surface area is 179 Å². The minimum Gasteiger partial charge on any atom is -0.326 e. The van der Waals surface area contributed by atoms with Gasteiger partial charge in [-0.1, -0.05) is 11.6 Å². The van der Waals surface area contributed by atoms with E-state index in [2.05, 4.69) is 10.6 Å². The fourth-order valence-electron chi connectivity index (χ4n) is 2.95. The third-order valence-corrected chi connectivity index (χ3v) is 8.05. The molecule has 0 spiro atoms. The zero-order valence-corrected chi connectivity index (χ0v) is 18.4. The molecule has 1 unspecified atom stereocenters. The molecule has 0 aromatic heterocycles. The van der Waals surface area contributed by atoms with Gasteiger partial charge in [0.1, 0.15) is 0 Å². The number of aryl methyl sites for hydroxylation is 1. The normalized spacial score (nSPS) is 15.1. The number of anilines is 2. The van der Waals surface area contributed by atoms with Gasteiger partial charge < -0.3 is 10.6 Å². The maximum absolute atomic E-state index is 13.0. The molecule has 1 aliphatic heterocycles. The summed E-state index contributed by atoms with van der Waals surface area (Å²) in [7, 11) is -3.75. The first kappa shape index (κ1) is 21.7. The molecule has 1 aliphatic rings. The van der Waals surface area contributed by atoms with Crippen LogP contribution in [0.4, 0.5) is 11.4 Å². The standard InChI is InChI=1S/C20H21ClN2O4S2/c1-12-9-14(21)3-5-16(12)22-20(25)10-13(2)29(26,27)15-4-6-18-17(11-15)23-19(24)7-8-28-18/h3-6,9,11,13H,7-8,10H2,1-2H3,(H,22,25)(H,23,24). The van der Waals surface area contributed by atoms with Crippen LogP contribution >= 0.6 is 23.4 Å². The van der Waals surface area contributed by atoms with Crippen LogP contribution in [0.3, 0.4) is 0 Å². The zero-order chi connectivity index (χ0) is 21.2. The molecule has 0 fully saturated rings. The third kappa shape index (κ3) is 5.12. The summed E-state index contributed by atoms with van der Waals surface area (Å²) in [5.41, 5.74) is 1.88. The van der Waals surface area contributed by atoms with Crippen LogP contribution in [-0.2, 0) is 19.4 Å². The highest BCUT2D eigenvalue weighted by atomic mass is 35.5. The molecule has 154 valence electrons. The lowest BCUT2D eigenvalue weighted by molar-refractivity contribution is -0.116. The summed E-state index contributed by atoms with van der Waals surface area (Å²) in [6.45, 7) is 3.31. The molecule has 1 atom stereocenters. The first-order chi connectivity index (χ1) is 13.7. The minimum atomic E-state index is -3.75. The number of benzene rings is 2. The molecule has 2 amide bonds. The van der Waals surface area contributed by atoms with Crippen LogP contribution < -0.4 is 10.6 Å². The summed E-state index contributed by atoms with van der Waals surface area (Å²) >= 11 is 7.42. The van der Waals surface area contributed by atoms with Crippen molar-refractivity contribution in [3.8, 4) is 0 Å². The molecule has 0 radical (unpaired) electrons. The Bertz CT molecular complexity index is 1070. The summed E-state index contributed by atoms with van der Waals surface area (Å²) in [5, 5.41) is 5.11. The number of amides is 2. The number of thioether (sulfide) groups is 1. The van der Waals surface area contributed by atoms with Crippen molar-refractivity contribution in [3.05, 3.63) is 47.0 Å². The molecule has 9 heteroatoms. The van der Waals surface area contributed by atoms with Gasteiger partial charge in [0, 0.05) is 34.2 Å². The van der Waals surface area contributed by atoms with E-state index in [0.717, 1.165) is 10.5 Å². The van der Waals surface area contributed by atoms with Gasteiger partial charge in [0.15, 0.2) is 9.84 Å². The van der Waals surface area contributed by atoms with E-state index in [1.165, 1.54) is 30.8 Å². The molecule has 3 rings (SSSR count). The summed E-state index contributed by atoms with van der Waals surface area (Å²) in [5.74, 6) is 0.104. The third-order valence-electron chi connectivity index (χ3n) is 4.61. The molecule has 1 heterocycles. The molecule has 0 saturated carbocycles. The number of nitrogens with one attached hydrogen (secondary N) is 2. The predicted molar refractivity (Wildman–Crippen MR) is 116 cm³/mol. The van der Waals surface area contributed by atoms with Gasteiger partial charge in [0.25, 0.3) is 0 Å². The molecule has 2 aromatic rings. The average Bonchev–Trinajstić information content (AvgIpc) is 2.83. The quantitative estimate of drug-likeness (QED) is 0.706. The van der Waals surface area contributed by atoms with Crippen LogP contribution in [0.2, 0.25) is 5.02 Å². The fraction of sp³-hybridized carbons (Fsp3) is 0.300. The SMILES string of the molecule is Cc1cc(Cl)ccc1NC(=O)CC(C)S(=O)(=O)c1ccc2c(c1)NC(=O)CCS2. The fourth-order valence-corrected chi connectivity index (χ4v) is 5.49.